The van der Waals surface area contributed by atoms with E-state index in [0.717, 1.165) is 0 Å². The summed E-state index contributed by atoms with van der Waals surface area (Å²) >= 11 is 0. The summed E-state index contributed by atoms with van der Waals surface area (Å²) in [5.41, 5.74) is 6.39. The summed E-state index contributed by atoms with van der Waals surface area (Å²) in [4.78, 5) is 11.1. The van der Waals surface area contributed by atoms with Crippen molar-refractivity contribution in [3.63, 3.8) is 0 Å². The van der Waals surface area contributed by atoms with Crippen molar-refractivity contribution in [2.75, 3.05) is 6.54 Å². The van der Waals surface area contributed by atoms with Crippen LogP contribution >= 0.6 is 0 Å². The number of hydrogen-bond acceptors (Lipinski definition) is 2. The van der Waals surface area contributed by atoms with Gasteiger partial charge in [-0.1, -0.05) is 18.2 Å². The van der Waals surface area contributed by atoms with E-state index in [2.05, 4.69) is 5.32 Å². The van der Waals surface area contributed by atoms with Crippen molar-refractivity contribution >= 4 is 5.91 Å². The maximum Gasteiger partial charge on any atom is 0.248 e. The van der Waals surface area contributed by atoms with Gasteiger partial charge >= 0.3 is 0 Å². The van der Waals surface area contributed by atoms with Gasteiger partial charge in [0.1, 0.15) is 11.6 Å². The van der Waals surface area contributed by atoms with Crippen molar-refractivity contribution in [2.45, 2.75) is 13.0 Å². The molecular formula is C16H16F2N2O. The third-order valence-corrected chi connectivity index (χ3v) is 3.17. The van der Waals surface area contributed by atoms with Crippen LogP contribution in [0.4, 0.5) is 8.78 Å². The zero-order valence-corrected chi connectivity index (χ0v) is 11.4. The molecule has 0 atom stereocenters. The minimum Gasteiger partial charge on any atom is -0.366 e. The normalized spacial score (nSPS) is 10.6. The van der Waals surface area contributed by atoms with Crippen LogP contribution < -0.4 is 11.1 Å². The number of amides is 1. The standard InChI is InChI=1S/C16H16F2N2O/c17-14-4-2-1-3-11(14)7-8-20-10-13-9-12(16(19)21)5-6-15(13)18/h1-6,9,20H,7-8,10H2,(H2,19,21). The molecule has 0 spiro atoms. The number of rotatable bonds is 6. The Balaban J connectivity index is 1.90. The van der Waals surface area contributed by atoms with Gasteiger partial charge in [-0.15, -0.1) is 0 Å². The molecule has 2 rings (SSSR count). The van der Waals surface area contributed by atoms with Gasteiger partial charge in [0, 0.05) is 17.7 Å². The van der Waals surface area contributed by atoms with Crippen molar-refractivity contribution in [3.05, 3.63) is 70.8 Å². The molecule has 0 aliphatic rings. The molecule has 3 nitrogen and oxygen atoms in total. The van der Waals surface area contributed by atoms with Crippen LogP contribution in [0.1, 0.15) is 21.5 Å². The van der Waals surface area contributed by atoms with Crippen molar-refractivity contribution in [1.82, 2.24) is 5.32 Å². The summed E-state index contributed by atoms with van der Waals surface area (Å²) in [6, 6.07) is 10.5. The van der Waals surface area contributed by atoms with Crippen LogP contribution in [-0.2, 0) is 13.0 Å². The van der Waals surface area contributed by atoms with Crippen LogP contribution in [-0.4, -0.2) is 12.5 Å². The van der Waals surface area contributed by atoms with Gasteiger partial charge in [0.25, 0.3) is 0 Å². The maximum atomic E-state index is 13.6. The summed E-state index contributed by atoms with van der Waals surface area (Å²) in [6.45, 7) is 0.753. The molecule has 1 amide bonds. The minimum absolute atomic E-state index is 0.249. The Kier molecular flexibility index (Phi) is 5.00. The first kappa shape index (κ1) is 15.1. The Morgan fingerprint density at radius 2 is 1.76 bits per heavy atom. The van der Waals surface area contributed by atoms with Crippen LogP contribution in [0, 0.1) is 11.6 Å². The monoisotopic (exact) mass is 290 g/mol. The Bertz CT molecular complexity index is 644. The van der Waals surface area contributed by atoms with E-state index < -0.39 is 11.7 Å². The Morgan fingerprint density at radius 1 is 1.05 bits per heavy atom. The molecule has 2 aromatic rings. The molecule has 21 heavy (non-hydrogen) atoms. The summed E-state index contributed by atoms with van der Waals surface area (Å²) in [6.07, 6.45) is 0.504. The van der Waals surface area contributed by atoms with Gasteiger partial charge in [-0.2, -0.15) is 0 Å². The number of halogens is 2. The van der Waals surface area contributed by atoms with E-state index in [0.29, 0.717) is 24.1 Å². The van der Waals surface area contributed by atoms with Crippen LogP contribution in [0.5, 0.6) is 0 Å². The summed E-state index contributed by atoms with van der Waals surface area (Å²) in [5, 5.41) is 3.03. The first-order valence-corrected chi connectivity index (χ1v) is 6.60. The van der Waals surface area contributed by atoms with E-state index in [1.807, 2.05) is 0 Å². The number of nitrogens with two attached hydrogens (primary N) is 1. The molecule has 3 N–H and O–H groups in total. The first-order valence-electron chi connectivity index (χ1n) is 6.60. The molecule has 0 bridgehead atoms. The average Bonchev–Trinajstić information content (AvgIpc) is 2.46. The third-order valence-electron chi connectivity index (χ3n) is 3.17. The molecule has 110 valence electrons. The van der Waals surface area contributed by atoms with E-state index >= 15 is 0 Å². The fourth-order valence-corrected chi connectivity index (χ4v) is 2.01. The number of hydrogen-bond donors (Lipinski definition) is 2. The molecule has 0 saturated heterocycles. The lowest BCUT2D eigenvalue weighted by Crippen LogP contribution is -2.19. The number of primary amides is 1. The molecule has 0 heterocycles. The first-order chi connectivity index (χ1) is 10.1. The summed E-state index contributed by atoms with van der Waals surface area (Å²) in [7, 11) is 0. The van der Waals surface area contributed by atoms with Crippen LogP contribution in [0.15, 0.2) is 42.5 Å². The van der Waals surface area contributed by atoms with Crippen molar-refractivity contribution in [1.29, 1.82) is 0 Å². The molecule has 0 aliphatic carbocycles. The van der Waals surface area contributed by atoms with Crippen LogP contribution in [0.3, 0.4) is 0 Å². The molecule has 0 aliphatic heterocycles. The number of carbonyl (C=O) groups is 1. The van der Waals surface area contributed by atoms with Crippen LogP contribution in [0.2, 0.25) is 0 Å². The van der Waals surface area contributed by atoms with Gasteiger partial charge in [0.15, 0.2) is 0 Å². The summed E-state index contributed by atoms with van der Waals surface area (Å²) < 4.78 is 27.0. The number of benzene rings is 2. The molecule has 0 fully saturated rings. The lowest BCUT2D eigenvalue weighted by molar-refractivity contribution is 0.1000. The highest BCUT2D eigenvalue weighted by molar-refractivity contribution is 5.92. The largest absolute Gasteiger partial charge is 0.366 e. The Hall–Kier alpha value is -2.27. The van der Waals surface area contributed by atoms with E-state index in [4.69, 9.17) is 5.73 Å². The van der Waals surface area contributed by atoms with Crippen molar-refractivity contribution in [3.8, 4) is 0 Å². The fourth-order valence-electron chi connectivity index (χ4n) is 2.01. The zero-order valence-electron chi connectivity index (χ0n) is 11.4. The second kappa shape index (κ2) is 6.95. The van der Waals surface area contributed by atoms with Gasteiger partial charge in [-0.25, -0.2) is 8.78 Å². The van der Waals surface area contributed by atoms with Gasteiger partial charge in [0.05, 0.1) is 0 Å². The van der Waals surface area contributed by atoms with E-state index in [1.54, 1.807) is 18.2 Å². The molecular weight excluding hydrogens is 274 g/mol. The smallest absolute Gasteiger partial charge is 0.248 e. The predicted octanol–water partition coefficient (Wildman–Crippen LogP) is 2.40. The Morgan fingerprint density at radius 3 is 2.48 bits per heavy atom. The van der Waals surface area contributed by atoms with E-state index in [1.165, 1.54) is 24.3 Å². The highest BCUT2D eigenvalue weighted by Crippen LogP contribution is 2.11. The van der Waals surface area contributed by atoms with Crippen molar-refractivity contribution < 1.29 is 13.6 Å². The quantitative estimate of drug-likeness (QED) is 0.803. The van der Waals surface area contributed by atoms with Gasteiger partial charge in [-0.3, -0.25) is 4.79 Å². The molecule has 0 unspecified atom stereocenters. The molecule has 0 aromatic heterocycles. The molecule has 5 heteroatoms. The molecule has 2 aromatic carbocycles. The van der Waals surface area contributed by atoms with E-state index in [-0.39, 0.29) is 17.9 Å². The SMILES string of the molecule is NC(=O)c1ccc(F)c(CNCCc2ccccc2F)c1. The van der Waals surface area contributed by atoms with E-state index in [9.17, 15) is 13.6 Å². The highest BCUT2D eigenvalue weighted by Gasteiger charge is 2.07. The molecule has 0 radical (unpaired) electrons. The van der Waals surface area contributed by atoms with Gasteiger partial charge < -0.3 is 11.1 Å². The fraction of sp³-hybridized carbons (Fsp3) is 0.188. The Labute approximate surface area is 121 Å². The minimum atomic E-state index is -0.595. The topological polar surface area (TPSA) is 55.1 Å². The average molecular weight is 290 g/mol. The predicted molar refractivity (Wildman–Crippen MR) is 76.7 cm³/mol. The number of carbonyl (C=O) groups excluding carboxylic acids is 1. The highest BCUT2D eigenvalue weighted by atomic mass is 19.1. The maximum absolute atomic E-state index is 13.6. The second-order valence-electron chi connectivity index (χ2n) is 4.69. The number of nitrogens with one attached hydrogen (secondary N) is 1. The van der Waals surface area contributed by atoms with Crippen molar-refractivity contribution in [2.24, 2.45) is 5.73 Å². The lowest BCUT2D eigenvalue weighted by Gasteiger charge is -2.08. The summed E-state index contributed by atoms with van der Waals surface area (Å²) in [5.74, 6) is -1.25. The van der Waals surface area contributed by atoms with Crippen LogP contribution in [0.25, 0.3) is 0 Å². The van der Waals surface area contributed by atoms with Gasteiger partial charge in [0.2, 0.25) is 5.91 Å². The lowest BCUT2D eigenvalue weighted by atomic mass is 10.1. The second-order valence-corrected chi connectivity index (χ2v) is 4.69. The third kappa shape index (κ3) is 4.10. The zero-order chi connectivity index (χ0) is 15.2. The molecule has 0 saturated carbocycles. The van der Waals surface area contributed by atoms with Gasteiger partial charge in [-0.05, 0) is 42.8 Å².